The Kier molecular flexibility index (Phi) is 10.4. The number of rotatable bonds is 10. The van der Waals surface area contributed by atoms with Gasteiger partial charge in [0, 0.05) is 13.2 Å². The Morgan fingerprint density at radius 3 is 1.23 bits per heavy atom. The molecule has 0 heterocycles. The van der Waals surface area contributed by atoms with Crippen LogP contribution in [0.25, 0.3) is 0 Å². The van der Waals surface area contributed by atoms with Gasteiger partial charge in [0.05, 0.1) is 23.0 Å². The zero-order valence-electron chi connectivity index (χ0n) is 25.0. The Hall–Kier alpha value is 0.170. The topological polar surface area (TPSA) is 35.5 Å². The number of carbonyl (C=O) groups excluding carboxylic acids is 1. The summed E-state index contributed by atoms with van der Waals surface area (Å²) in [4.78, 5) is 14.0. The largest absolute Gasteiger partial charge is 0.378 e. The summed E-state index contributed by atoms with van der Waals surface area (Å²) in [6.07, 6.45) is 23.8. The van der Waals surface area contributed by atoms with E-state index in [0.717, 1.165) is 88.3 Å². The van der Waals surface area contributed by atoms with Gasteiger partial charge in [0.25, 0.3) is 0 Å². The molecule has 0 saturated heterocycles. The molecule has 0 atom stereocenters. The quantitative estimate of drug-likeness (QED) is 0.190. The third-order valence-electron chi connectivity index (χ3n) is 12.3. The first-order valence-electron chi connectivity index (χ1n) is 17.0. The minimum atomic E-state index is -0.872. The number of Topliss-reactive ketones (excluding diaryl/α,β-unsaturated/α-hetero) is 1. The first-order valence-corrected chi connectivity index (χ1v) is 17.8. The van der Waals surface area contributed by atoms with Crippen LogP contribution < -0.4 is 0 Å². The van der Waals surface area contributed by atoms with Gasteiger partial charge in [-0.3, -0.25) is 4.79 Å². The van der Waals surface area contributed by atoms with Crippen molar-refractivity contribution >= 4 is 29.0 Å². The molecule has 0 aromatic rings. The van der Waals surface area contributed by atoms with E-state index in [2.05, 4.69) is 13.8 Å². The fraction of sp³-hybridized carbons (Fsp3) is 0.971. The predicted octanol–water partition coefficient (Wildman–Crippen LogP) is 9.85. The van der Waals surface area contributed by atoms with E-state index in [1.807, 2.05) is 0 Å². The maximum Gasteiger partial charge on any atom is 0.151 e. The standard InChI is InChI=1S/C34H56Cl2O3/c1-3-5-23-38-29-11-7-25(8-12-29)27-15-19-32(20-16-27)31(37)33(34(32,35)36)21-17-28(18-22-33)26-9-13-30(14-10-26)39-24-6-4-2/h25-30H,3-24H2,1-2H3. The number of ketones is 1. The summed E-state index contributed by atoms with van der Waals surface area (Å²) in [5.41, 5.74) is -0.957. The summed E-state index contributed by atoms with van der Waals surface area (Å²) in [5, 5.41) is 0. The molecule has 0 aromatic heterocycles. The molecule has 0 bridgehead atoms. The summed E-state index contributed by atoms with van der Waals surface area (Å²) >= 11 is 14.6. The van der Waals surface area contributed by atoms with Crippen molar-refractivity contribution in [1.29, 1.82) is 0 Å². The minimum absolute atomic E-state index is 0.443. The Labute approximate surface area is 249 Å². The molecule has 5 aliphatic rings. The summed E-state index contributed by atoms with van der Waals surface area (Å²) < 4.78 is 11.3. The van der Waals surface area contributed by atoms with Crippen molar-refractivity contribution < 1.29 is 14.3 Å². The second-order valence-corrected chi connectivity index (χ2v) is 15.6. The van der Waals surface area contributed by atoms with Crippen LogP contribution in [0.3, 0.4) is 0 Å². The first-order chi connectivity index (χ1) is 18.9. The van der Waals surface area contributed by atoms with Gasteiger partial charge in [-0.2, -0.15) is 0 Å². The van der Waals surface area contributed by atoms with Crippen LogP contribution in [0.5, 0.6) is 0 Å². The fourth-order valence-corrected chi connectivity index (χ4v) is 10.8. The van der Waals surface area contributed by atoms with Gasteiger partial charge >= 0.3 is 0 Å². The second-order valence-electron chi connectivity index (χ2n) is 14.3. The minimum Gasteiger partial charge on any atom is -0.378 e. The van der Waals surface area contributed by atoms with Gasteiger partial charge in [-0.25, -0.2) is 0 Å². The Morgan fingerprint density at radius 2 is 0.923 bits per heavy atom. The van der Waals surface area contributed by atoms with Gasteiger partial charge in [0.15, 0.2) is 5.78 Å². The lowest BCUT2D eigenvalue weighted by Crippen LogP contribution is -2.74. The molecule has 0 radical (unpaired) electrons. The predicted molar refractivity (Wildman–Crippen MR) is 161 cm³/mol. The van der Waals surface area contributed by atoms with Crippen LogP contribution >= 0.6 is 23.2 Å². The van der Waals surface area contributed by atoms with Crippen molar-refractivity contribution in [2.75, 3.05) is 13.2 Å². The molecule has 0 amide bonds. The van der Waals surface area contributed by atoms with E-state index in [1.165, 1.54) is 77.0 Å². The number of halogens is 2. The number of carbonyl (C=O) groups is 1. The molecule has 224 valence electrons. The van der Waals surface area contributed by atoms with Gasteiger partial charge in [-0.05, 0) is 139 Å². The molecule has 5 rings (SSSR count). The highest BCUT2D eigenvalue weighted by molar-refractivity contribution is 6.55. The monoisotopic (exact) mass is 582 g/mol. The smallest absolute Gasteiger partial charge is 0.151 e. The molecule has 39 heavy (non-hydrogen) atoms. The molecule has 0 aliphatic heterocycles. The van der Waals surface area contributed by atoms with Crippen LogP contribution in [0.15, 0.2) is 0 Å². The van der Waals surface area contributed by atoms with E-state index in [4.69, 9.17) is 32.7 Å². The number of hydrogen-bond acceptors (Lipinski definition) is 3. The SMILES string of the molecule is CCCCOC1CCC(C2CCC3(CC2)C(=O)C2(CCC(C4CCC(OCCCC)CC4)CC2)C3(Cl)Cl)CC1. The molecule has 5 heteroatoms. The molecule has 5 aliphatic carbocycles. The van der Waals surface area contributed by atoms with E-state index in [-0.39, 0.29) is 0 Å². The molecular formula is C34H56Cl2O3. The van der Waals surface area contributed by atoms with E-state index in [0.29, 0.717) is 18.0 Å². The lowest BCUT2D eigenvalue weighted by molar-refractivity contribution is -0.173. The van der Waals surface area contributed by atoms with Crippen LogP contribution in [0, 0.1) is 34.5 Å². The van der Waals surface area contributed by atoms with E-state index < -0.39 is 15.2 Å². The van der Waals surface area contributed by atoms with Crippen molar-refractivity contribution in [3.05, 3.63) is 0 Å². The van der Waals surface area contributed by atoms with Crippen LogP contribution in [0.2, 0.25) is 0 Å². The van der Waals surface area contributed by atoms with Crippen molar-refractivity contribution in [2.45, 2.75) is 159 Å². The summed E-state index contributed by atoms with van der Waals surface area (Å²) in [6, 6.07) is 0. The van der Waals surface area contributed by atoms with Crippen LogP contribution in [-0.4, -0.2) is 35.5 Å². The van der Waals surface area contributed by atoms with Gasteiger partial charge in [-0.15, -0.1) is 0 Å². The highest BCUT2D eigenvalue weighted by Gasteiger charge is 2.79. The highest BCUT2D eigenvalue weighted by atomic mass is 35.5. The molecule has 2 spiro atoms. The molecular weight excluding hydrogens is 527 g/mol. The van der Waals surface area contributed by atoms with Crippen molar-refractivity contribution in [1.82, 2.24) is 0 Å². The fourth-order valence-electron chi connectivity index (χ4n) is 9.67. The van der Waals surface area contributed by atoms with Gasteiger partial charge < -0.3 is 9.47 Å². The number of hydrogen-bond donors (Lipinski definition) is 0. The normalized spacial score (nSPS) is 42.5. The molecule has 3 nitrogen and oxygen atoms in total. The Morgan fingerprint density at radius 1 is 0.590 bits per heavy atom. The van der Waals surface area contributed by atoms with Gasteiger partial charge in [0.2, 0.25) is 0 Å². The third kappa shape index (κ3) is 5.88. The zero-order valence-corrected chi connectivity index (χ0v) is 26.5. The Bertz CT molecular complexity index is 718. The summed E-state index contributed by atoms with van der Waals surface area (Å²) in [6.45, 7) is 6.30. The molecule has 0 aromatic carbocycles. The van der Waals surface area contributed by atoms with Crippen molar-refractivity contribution in [3.63, 3.8) is 0 Å². The lowest BCUT2D eigenvalue weighted by Gasteiger charge is -2.67. The first kappa shape index (κ1) is 30.6. The van der Waals surface area contributed by atoms with Gasteiger partial charge in [0.1, 0.15) is 4.33 Å². The Balaban J connectivity index is 1.08. The van der Waals surface area contributed by atoms with Gasteiger partial charge in [-0.1, -0.05) is 49.9 Å². The average molecular weight is 584 g/mol. The number of unbranched alkanes of at least 4 members (excludes halogenated alkanes) is 2. The second kappa shape index (κ2) is 13.2. The maximum absolute atomic E-state index is 14.0. The average Bonchev–Trinajstić information content (AvgIpc) is 2.98. The number of alkyl halides is 2. The molecule has 5 fully saturated rings. The van der Waals surface area contributed by atoms with E-state index >= 15 is 0 Å². The van der Waals surface area contributed by atoms with Crippen LogP contribution in [0.1, 0.15) is 142 Å². The highest BCUT2D eigenvalue weighted by Crippen LogP contribution is 2.75. The third-order valence-corrected chi connectivity index (χ3v) is 13.8. The summed E-state index contributed by atoms with van der Waals surface area (Å²) in [5.74, 6) is 3.49. The molecule has 0 N–H and O–H groups in total. The molecule has 0 unspecified atom stereocenters. The van der Waals surface area contributed by atoms with Crippen molar-refractivity contribution in [3.8, 4) is 0 Å². The number of ether oxygens (including phenoxy) is 2. The zero-order chi connectivity index (χ0) is 27.5. The van der Waals surface area contributed by atoms with Crippen LogP contribution in [0.4, 0.5) is 0 Å². The molecule has 5 saturated carbocycles. The van der Waals surface area contributed by atoms with E-state index in [9.17, 15) is 4.79 Å². The van der Waals surface area contributed by atoms with Crippen LogP contribution in [-0.2, 0) is 14.3 Å². The lowest BCUT2D eigenvalue weighted by atomic mass is 9.41. The van der Waals surface area contributed by atoms with E-state index in [1.54, 1.807) is 0 Å². The van der Waals surface area contributed by atoms with Crippen molar-refractivity contribution in [2.24, 2.45) is 34.5 Å². The summed E-state index contributed by atoms with van der Waals surface area (Å²) in [7, 11) is 0. The maximum atomic E-state index is 14.0.